The van der Waals surface area contributed by atoms with E-state index < -0.39 is 5.97 Å². The normalized spacial score (nSPS) is 7.62. The Balaban J connectivity index is 0. The van der Waals surface area contributed by atoms with Crippen LogP contribution in [0.1, 0.15) is 26.2 Å². The number of rotatable bonds is 3. The zero-order valence-electron chi connectivity index (χ0n) is 4.89. The Kier molecular flexibility index (Phi) is 9.95. The summed E-state index contributed by atoms with van der Waals surface area (Å²) >= 11 is 0. The third-order valence-electron chi connectivity index (χ3n) is 0.744. The van der Waals surface area contributed by atoms with Crippen molar-refractivity contribution < 1.29 is 9.90 Å². The first kappa shape index (κ1) is 11.1. The van der Waals surface area contributed by atoms with Crippen LogP contribution in [0.4, 0.5) is 0 Å². The Morgan fingerprint density at radius 1 is 1.62 bits per heavy atom. The summed E-state index contributed by atoms with van der Waals surface area (Å²) in [5.74, 6) is -0.693. The highest BCUT2D eigenvalue weighted by Gasteiger charge is 1.90. The fourth-order valence-electron chi connectivity index (χ4n) is 0.328. The summed E-state index contributed by atoms with van der Waals surface area (Å²) in [6.07, 6.45) is 2.08. The van der Waals surface area contributed by atoms with Crippen LogP contribution in [0, 0.1) is 0 Å². The van der Waals surface area contributed by atoms with Gasteiger partial charge in [-0.1, -0.05) is 13.3 Å². The highest BCUT2D eigenvalue weighted by atomic mass is 127. The Morgan fingerprint density at radius 3 is 2.25 bits per heavy atom. The average molecular weight is 230 g/mol. The minimum absolute atomic E-state index is 0. The smallest absolute Gasteiger partial charge is 0.303 e. The van der Waals surface area contributed by atoms with Gasteiger partial charge in [0.05, 0.1) is 0 Å². The number of aliphatic carboxylic acids is 1. The lowest BCUT2D eigenvalue weighted by atomic mass is 10.3. The van der Waals surface area contributed by atoms with E-state index in [4.69, 9.17) is 5.11 Å². The molecule has 0 aromatic rings. The molecule has 0 aliphatic carbocycles. The van der Waals surface area contributed by atoms with Crippen LogP contribution in [0.3, 0.4) is 0 Å². The number of carbonyl (C=O) groups is 1. The minimum Gasteiger partial charge on any atom is -0.481 e. The maximum atomic E-state index is 9.76. The van der Waals surface area contributed by atoms with E-state index in [0.29, 0.717) is 6.42 Å². The van der Waals surface area contributed by atoms with Gasteiger partial charge in [-0.2, -0.15) is 0 Å². The molecule has 0 amide bonds. The number of hydrogen-bond acceptors (Lipinski definition) is 1. The molecular formula is C5H11IO2. The number of unbranched alkanes of at least 4 members (excludes halogenated alkanes) is 1. The molecule has 0 aromatic heterocycles. The predicted octanol–water partition coefficient (Wildman–Crippen LogP) is 1.88. The molecule has 0 bridgehead atoms. The summed E-state index contributed by atoms with van der Waals surface area (Å²) in [5, 5.41) is 8.04. The van der Waals surface area contributed by atoms with Gasteiger partial charge >= 0.3 is 5.97 Å². The monoisotopic (exact) mass is 230 g/mol. The van der Waals surface area contributed by atoms with Gasteiger partial charge < -0.3 is 5.11 Å². The molecule has 8 heavy (non-hydrogen) atoms. The summed E-state index contributed by atoms with van der Waals surface area (Å²) < 4.78 is 0. The van der Waals surface area contributed by atoms with Crippen molar-refractivity contribution in [1.82, 2.24) is 0 Å². The number of carboxylic acid groups (broad SMARTS) is 1. The van der Waals surface area contributed by atoms with E-state index in [0.717, 1.165) is 12.8 Å². The van der Waals surface area contributed by atoms with Gasteiger partial charge in [-0.25, -0.2) is 0 Å². The zero-order chi connectivity index (χ0) is 5.70. The van der Waals surface area contributed by atoms with Gasteiger partial charge in [-0.3, -0.25) is 4.79 Å². The van der Waals surface area contributed by atoms with Gasteiger partial charge in [0.1, 0.15) is 0 Å². The Bertz CT molecular complexity index is 63.4. The molecule has 50 valence electrons. The predicted molar refractivity (Wildman–Crippen MR) is 42.6 cm³/mol. The molecule has 0 saturated heterocycles. The summed E-state index contributed by atoms with van der Waals surface area (Å²) in [7, 11) is 0. The van der Waals surface area contributed by atoms with Gasteiger partial charge in [0.25, 0.3) is 0 Å². The number of halogens is 1. The molecule has 0 aliphatic heterocycles. The summed E-state index contributed by atoms with van der Waals surface area (Å²) in [5.41, 5.74) is 0. The second-order valence-corrected chi connectivity index (χ2v) is 1.50. The average Bonchev–Trinajstić information content (AvgIpc) is 1.61. The van der Waals surface area contributed by atoms with Crippen LogP contribution in [0.25, 0.3) is 0 Å². The van der Waals surface area contributed by atoms with Crippen molar-refractivity contribution in [2.75, 3.05) is 0 Å². The molecule has 2 nitrogen and oxygen atoms in total. The molecule has 0 fully saturated rings. The molecule has 0 radical (unpaired) electrons. The second-order valence-electron chi connectivity index (χ2n) is 1.50. The van der Waals surface area contributed by atoms with E-state index in [2.05, 4.69) is 0 Å². The van der Waals surface area contributed by atoms with E-state index in [1.807, 2.05) is 6.92 Å². The lowest BCUT2D eigenvalue weighted by Crippen LogP contribution is -1.91. The number of hydrogen-bond donors (Lipinski definition) is 1. The highest BCUT2D eigenvalue weighted by Crippen LogP contribution is 1.91. The molecule has 0 atom stereocenters. The van der Waals surface area contributed by atoms with Gasteiger partial charge in [0.15, 0.2) is 0 Å². The van der Waals surface area contributed by atoms with Crippen LogP contribution >= 0.6 is 24.0 Å². The Labute approximate surface area is 66.3 Å². The second kappa shape index (κ2) is 7.20. The zero-order valence-corrected chi connectivity index (χ0v) is 7.22. The molecule has 0 heterocycles. The van der Waals surface area contributed by atoms with E-state index >= 15 is 0 Å². The summed E-state index contributed by atoms with van der Waals surface area (Å²) in [4.78, 5) is 9.76. The first-order valence-corrected chi connectivity index (χ1v) is 2.49. The lowest BCUT2D eigenvalue weighted by molar-refractivity contribution is -0.137. The SMILES string of the molecule is CCCCC(=O)O.I. The molecular weight excluding hydrogens is 219 g/mol. The van der Waals surface area contributed by atoms with E-state index in [-0.39, 0.29) is 24.0 Å². The van der Waals surface area contributed by atoms with E-state index in [1.54, 1.807) is 0 Å². The molecule has 3 heteroatoms. The van der Waals surface area contributed by atoms with Crippen LogP contribution in [-0.2, 0) is 4.79 Å². The van der Waals surface area contributed by atoms with Crippen molar-refractivity contribution in [3.05, 3.63) is 0 Å². The van der Waals surface area contributed by atoms with Crippen LogP contribution < -0.4 is 0 Å². The molecule has 0 rings (SSSR count). The molecule has 1 N–H and O–H groups in total. The fourth-order valence-corrected chi connectivity index (χ4v) is 0.328. The quantitative estimate of drug-likeness (QED) is 0.751. The largest absolute Gasteiger partial charge is 0.481 e. The van der Waals surface area contributed by atoms with Crippen molar-refractivity contribution in [2.45, 2.75) is 26.2 Å². The minimum atomic E-state index is -0.693. The third kappa shape index (κ3) is 9.50. The summed E-state index contributed by atoms with van der Waals surface area (Å²) in [6, 6.07) is 0. The lowest BCUT2D eigenvalue weighted by Gasteiger charge is -1.85. The van der Waals surface area contributed by atoms with Gasteiger partial charge in [-0.15, -0.1) is 24.0 Å². The van der Waals surface area contributed by atoms with Crippen molar-refractivity contribution in [3.8, 4) is 0 Å². The molecule has 0 aliphatic rings. The maximum absolute atomic E-state index is 9.76. The van der Waals surface area contributed by atoms with Gasteiger partial charge in [0.2, 0.25) is 0 Å². The molecule has 0 saturated carbocycles. The van der Waals surface area contributed by atoms with E-state index in [9.17, 15) is 4.79 Å². The van der Waals surface area contributed by atoms with Crippen LogP contribution in [0.2, 0.25) is 0 Å². The van der Waals surface area contributed by atoms with Crippen molar-refractivity contribution >= 4 is 29.9 Å². The van der Waals surface area contributed by atoms with Crippen molar-refractivity contribution in [1.29, 1.82) is 0 Å². The van der Waals surface area contributed by atoms with Crippen molar-refractivity contribution in [3.63, 3.8) is 0 Å². The van der Waals surface area contributed by atoms with Crippen LogP contribution in [0.5, 0.6) is 0 Å². The van der Waals surface area contributed by atoms with Gasteiger partial charge in [-0.05, 0) is 6.42 Å². The summed E-state index contributed by atoms with van der Waals surface area (Å²) in [6.45, 7) is 1.98. The number of carboxylic acids is 1. The Morgan fingerprint density at radius 2 is 2.12 bits per heavy atom. The molecule has 0 aromatic carbocycles. The highest BCUT2D eigenvalue weighted by molar-refractivity contribution is 14.0. The fraction of sp³-hybridized carbons (Fsp3) is 0.800. The Hall–Kier alpha value is 0.200. The maximum Gasteiger partial charge on any atom is 0.303 e. The van der Waals surface area contributed by atoms with E-state index in [1.165, 1.54) is 0 Å². The third-order valence-corrected chi connectivity index (χ3v) is 0.744. The van der Waals surface area contributed by atoms with Gasteiger partial charge in [0, 0.05) is 6.42 Å². The topological polar surface area (TPSA) is 37.3 Å². The van der Waals surface area contributed by atoms with Crippen molar-refractivity contribution in [2.24, 2.45) is 0 Å². The van der Waals surface area contributed by atoms with Crippen LogP contribution in [-0.4, -0.2) is 11.1 Å². The molecule has 0 unspecified atom stereocenters. The first-order valence-electron chi connectivity index (χ1n) is 2.49. The first-order chi connectivity index (χ1) is 3.27. The standard InChI is InChI=1S/C5H10O2.HI/c1-2-3-4-5(6)7;/h2-4H2,1H3,(H,6,7);1H. The van der Waals surface area contributed by atoms with Crippen LogP contribution in [0.15, 0.2) is 0 Å². The molecule has 0 spiro atoms.